The lowest BCUT2D eigenvalue weighted by Gasteiger charge is -2.34. The van der Waals surface area contributed by atoms with Gasteiger partial charge in [0.25, 0.3) is 0 Å². The van der Waals surface area contributed by atoms with Gasteiger partial charge in [-0.1, -0.05) is 19.9 Å². The molecule has 2 heterocycles. The molecule has 8 nitrogen and oxygen atoms in total. The van der Waals surface area contributed by atoms with E-state index in [4.69, 9.17) is 17.0 Å². The second-order valence-corrected chi connectivity index (χ2v) is 7.21. The van der Waals surface area contributed by atoms with Crippen LogP contribution in [0.15, 0.2) is 18.2 Å². The van der Waals surface area contributed by atoms with Crippen LogP contribution in [0.4, 0.5) is 10.7 Å². The Morgan fingerprint density at radius 3 is 2.73 bits per heavy atom. The maximum Gasteiger partial charge on any atom is 0.336 e. The van der Waals surface area contributed by atoms with Gasteiger partial charge in [-0.05, 0) is 42.6 Å². The fourth-order valence-corrected chi connectivity index (χ4v) is 3.53. The lowest BCUT2D eigenvalue weighted by Crippen LogP contribution is -2.53. The van der Waals surface area contributed by atoms with Crippen LogP contribution in [-0.2, 0) is 0 Å². The predicted molar refractivity (Wildman–Crippen MR) is 105 cm³/mol. The van der Waals surface area contributed by atoms with E-state index in [0.717, 1.165) is 25.0 Å². The molecule has 2 aromatic rings. The van der Waals surface area contributed by atoms with Gasteiger partial charge in [-0.25, -0.2) is 15.2 Å². The lowest BCUT2D eigenvalue weighted by atomic mass is 9.92. The number of hydrogen-bond acceptors (Lipinski definition) is 4. The molecule has 1 saturated heterocycles. The molecule has 140 valence electrons. The first-order chi connectivity index (χ1) is 12.5. The fourth-order valence-electron chi connectivity index (χ4n) is 3.39. The van der Waals surface area contributed by atoms with E-state index in [0.29, 0.717) is 29.1 Å². The molecule has 1 aromatic carbocycles. The van der Waals surface area contributed by atoms with Gasteiger partial charge in [-0.15, -0.1) is 0 Å². The van der Waals surface area contributed by atoms with Gasteiger partial charge in [0, 0.05) is 13.1 Å². The number of rotatable bonds is 2. The van der Waals surface area contributed by atoms with Crippen molar-refractivity contribution in [3.05, 3.63) is 18.2 Å². The number of aromatic amines is 1. The highest BCUT2D eigenvalue weighted by molar-refractivity contribution is 7.80. The molecule has 0 bridgehead atoms. The summed E-state index contributed by atoms with van der Waals surface area (Å²) >= 11 is 5.22. The number of carbonyl (C=O) groups excluding carboxylic acids is 1. The third-order valence-electron chi connectivity index (χ3n) is 4.37. The number of piperidine rings is 1. The van der Waals surface area contributed by atoms with Gasteiger partial charge in [0.05, 0.1) is 12.6 Å². The molecule has 9 heteroatoms. The van der Waals surface area contributed by atoms with Crippen LogP contribution >= 0.6 is 12.2 Å². The van der Waals surface area contributed by atoms with Crippen LogP contribution < -0.4 is 20.9 Å². The highest BCUT2D eigenvalue weighted by Crippen LogP contribution is 2.24. The number of nitrogens with zero attached hydrogens (tertiary/aromatic N) is 2. The Hall–Kier alpha value is -2.55. The minimum atomic E-state index is -0.182. The van der Waals surface area contributed by atoms with Crippen LogP contribution in [0.5, 0.6) is 5.75 Å². The summed E-state index contributed by atoms with van der Waals surface area (Å²) in [4.78, 5) is 21.6. The topological polar surface area (TPSA) is 94.3 Å². The van der Waals surface area contributed by atoms with E-state index in [-0.39, 0.29) is 11.1 Å². The van der Waals surface area contributed by atoms with Crippen molar-refractivity contribution in [2.24, 2.45) is 11.8 Å². The van der Waals surface area contributed by atoms with Crippen LogP contribution in [0, 0.1) is 11.8 Å². The van der Waals surface area contributed by atoms with Crippen molar-refractivity contribution in [2.75, 3.05) is 25.5 Å². The van der Waals surface area contributed by atoms with Gasteiger partial charge < -0.3 is 19.9 Å². The van der Waals surface area contributed by atoms with E-state index >= 15 is 0 Å². The summed E-state index contributed by atoms with van der Waals surface area (Å²) in [6.07, 6.45) is 1.15. The Bertz CT molecular complexity index is 798. The smallest absolute Gasteiger partial charge is 0.336 e. The van der Waals surface area contributed by atoms with Gasteiger partial charge in [0.2, 0.25) is 5.95 Å². The van der Waals surface area contributed by atoms with Crippen molar-refractivity contribution < 1.29 is 9.53 Å². The van der Waals surface area contributed by atoms with Gasteiger partial charge in [0.1, 0.15) is 11.3 Å². The average Bonchev–Trinajstić information content (AvgIpc) is 3.01. The molecule has 1 aromatic heterocycles. The SMILES string of the molecule is COc1cccc2[nH]c(NC(=S)NNC(=O)N3C[C@H](C)C[C@H](C)C3)nc12. The predicted octanol–water partition coefficient (Wildman–Crippen LogP) is 2.46. The molecule has 2 amide bonds. The quantitative estimate of drug-likeness (QED) is 0.475. The Morgan fingerprint density at radius 1 is 1.31 bits per heavy atom. The lowest BCUT2D eigenvalue weighted by molar-refractivity contribution is 0.145. The van der Waals surface area contributed by atoms with Crippen molar-refractivity contribution >= 4 is 40.3 Å². The third kappa shape index (κ3) is 4.16. The number of benzene rings is 1. The number of thiocarbonyl (C=S) groups is 1. The second kappa shape index (κ2) is 7.77. The number of amides is 2. The molecule has 1 fully saturated rings. The third-order valence-corrected chi connectivity index (χ3v) is 4.57. The molecule has 1 aliphatic heterocycles. The van der Waals surface area contributed by atoms with Crippen LogP contribution in [0.3, 0.4) is 0 Å². The number of fused-ring (bicyclic) bond motifs is 1. The molecule has 0 aliphatic carbocycles. The summed E-state index contributed by atoms with van der Waals surface area (Å²) in [6.45, 7) is 5.82. The molecule has 0 radical (unpaired) electrons. The summed E-state index contributed by atoms with van der Waals surface area (Å²) < 4.78 is 5.29. The largest absolute Gasteiger partial charge is 0.494 e. The Morgan fingerprint density at radius 2 is 2.04 bits per heavy atom. The van der Waals surface area contributed by atoms with Crippen LogP contribution in [0.25, 0.3) is 11.0 Å². The van der Waals surface area contributed by atoms with Gasteiger partial charge in [-0.2, -0.15) is 0 Å². The minimum absolute atomic E-state index is 0.182. The van der Waals surface area contributed by atoms with Crippen LogP contribution in [-0.4, -0.2) is 46.2 Å². The number of aromatic nitrogens is 2. The number of hydrogen-bond donors (Lipinski definition) is 4. The van der Waals surface area contributed by atoms with Gasteiger partial charge in [-0.3, -0.25) is 5.43 Å². The number of ether oxygens (including phenoxy) is 1. The van der Waals surface area contributed by atoms with Crippen LogP contribution in [0.1, 0.15) is 20.3 Å². The molecule has 0 unspecified atom stereocenters. The van der Waals surface area contributed by atoms with Crippen molar-refractivity contribution in [1.29, 1.82) is 0 Å². The normalized spacial score (nSPS) is 19.9. The number of carbonyl (C=O) groups is 1. The molecular weight excluding hydrogens is 352 g/mol. The molecular formula is C17H24N6O2S. The zero-order chi connectivity index (χ0) is 18.7. The first-order valence-electron chi connectivity index (χ1n) is 8.61. The van der Waals surface area contributed by atoms with Crippen LogP contribution in [0.2, 0.25) is 0 Å². The first-order valence-corrected chi connectivity index (χ1v) is 9.01. The second-order valence-electron chi connectivity index (χ2n) is 6.80. The number of likely N-dealkylation sites (tertiary alicyclic amines) is 1. The van der Waals surface area contributed by atoms with Gasteiger partial charge >= 0.3 is 6.03 Å². The molecule has 0 spiro atoms. The summed E-state index contributed by atoms with van der Waals surface area (Å²) in [5, 5.41) is 3.17. The summed E-state index contributed by atoms with van der Waals surface area (Å²) in [7, 11) is 1.60. The number of urea groups is 1. The number of nitrogens with one attached hydrogen (secondary N) is 4. The van der Waals surface area contributed by atoms with E-state index < -0.39 is 0 Å². The number of anilines is 1. The first kappa shape index (κ1) is 18.2. The van der Waals surface area contributed by atoms with E-state index in [1.807, 2.05) is 18.2 Å². The van der Waals surface area contributed by atoms with Crippen molar-refractivity contribution in [3.63, 3.8) is 0 Å². The van der Waals surface area contributed by atoms with E-state index in [9.17, 15) is 4.79 Å². The standard InChI is InChI=1S/C17H24N6O2S/c1-10-7-11(2)9-23(8-10)17(24)22-21-16(26)20-15-18-12-5-4-6-13(25-3)14(12)19-15/h4-6,10-11H,7-9H2,1-3H3,(H,22,24)(H3,18,19,20,21,26)/t10-,11+. The maximum atomic E-state index is 12.3. The zero-order valence-electron chi connectivity index (χ0n) is 15.1. The highest BCUT2D eigenvalue weighted by Gasteiger charge is 2.25. The van der Waals surface area contributed by atoms with Gasteiger partial charge in [0.15, 0.2) is 5.11 Å². The maximum absolute atomic E-state index is 12.3. The van der Waals surface area contributed by atoms with Crippen molar-refractivity contribution in [1.82, 2.24) is 25.7 Å². The Balaban J connectivity index is 1.55. The summed E-state index contributed by atoms with van der Waals surface area (Å²) in [5.41, 5.74) is 6.89. The van der Waals surface area contributed by atoms with E-state index in [2.05, 4.69) is 40.0 Å². The average molecular weight is 376 g/mol. The van der Waals surface area contributed by atoms with E-state index in [1.54, 1.807) is 12.0 Å². The molecule has 1 aliphatic rings. The number of methoxy groups -OCH3 is 1. The fraction of sp³-hybridized carbons (Fsp3) is 0.471. The summed E-state index contributed by atoms with van der Waals surface area (Å²) in [6, 6.07) is 5.43. The monoisotopic (exact) mass is 376 g/mol. The van der Waals surface area contributed by atoms with Crippen molar-refractivity contribution in [3.8, 4) is 5.75 Å². The van der Waals surface area contributed by atoms with E-state index in [1.165, 1.54) is 0 Å². The van der Waals surface area contributed by atoms with Crippen molar-refractivity contribution in [2.45, 2.75) is 20.3 Å². The zero-order valence-corrected chi connectivity index (χ0v) is 15.9. The molecule has 3 rings (SSSR count). The number of imidazole rings is 1. The summed E-state index contributed by atoms with van der Waals surface area (Å²) in [5.74, 6) is 2.14. The molecule has 4 N–H and O–H groups in total. The number of H-pyrrole nitrogens is 1. The Kier molecular flexibility index (Phi) is 5.46. The molecule has 2 atom stereocenters. The Labute approximate surface area is 157 Å². The number of para-hydroxylation sites is 1. The number of hydrazine groups is 1. The highest BCUT2D eigenvalue weighted by atomic mass is 32.1. The molecule has 0 saturated carbocycles. The minimum Gasteiger partial charge on any atom is -0.494 e. The molecule has 26 heavy (non-hydrogen) atoms.